The second-order valence-electron chi connectivity index (χ2n) is 5.71. The molecule has 1 aliphatic rings. The maximum atomic E-state index is 6.03. The maximum Gasteiger partial charge on any atom is 0.494 e. The van der Waals surface area contributed by atoms with Crippen LogP contribution in [0.1, 0.15) is 34.6 Å². The Morgan fingerprint density at radius 3 is 2.26 bits per heavy atom. The third kappa shape index (κ3) is 2.83. The van der Waals surface area contributed by atoms with Crippen molar-refractivity contribution in [2.45, 2.75) is 45.8 Å². The van der Waals surface area contributed by atoms with Gasteiger partial charge in [-0.3, -0.25) is 0 Å². The van der Waals surface area contributed by atoms with E-state index in [4.69, 9.17) is 14.0 Å². The molecule has 19 heavy (non-hydrogen) atoms. The lowest BCUT2D eigenvalue weighted by Gasteiger charge is -2.32. The van der Waals surface area contributed by atoms with E-state index in [0.29, 0.717) is 6.61 Å². The second kappa shape index (κ2) is 5.11. The fourth-order valence-corrected chi connectivity index (χ4v) is 2.27. The molecule has 2 rings (SSSR count). The van der Waals surface area contributed by atoms with Crippen molar-refractivity contribution < 1.29 is 14.0 Å². The average Bonchev–Trinajstić information content (AvgIpc) is 2.51. The van der Waals surface area contributed by atoms with Gasteiger partial charge in [0.25, 0.3) is 0 Å². The maximum absolute atomic E-state index is 6.03. The van der Waals surface area contributed by atoms with E-state index in [1.807, 2.05) is 25.1 Å². The van der Waals surface area contributed by atoms with Gasteiger partial charge in [0.1, 0.15) is 5.75 Å². The van der Waals surface area contributed by atoms with E-state index in [0.717, 1.165) is 15.7 Å². The minimum Gasteiger partial charge on any atom is -0.493 e. The quantitative estimate of drug-likeness (QED) is 0.799. The zero-order chi connectivity index (χ0) is 14.3. The van der Waals surface area contributed by atoms with Crippen molar-refractivity contribution in [3.63, 3.8) is 0 Å². The molecule has 0 unspecified atom stereocenters. The first kappa shape index (κ1) is 14.9. The van der Waals surface area contributed by atoms with Gasteiger partial charge in [-0.1, -0.05) is 6.07 Å². The number of ether oxygens (including phenoxy) is 1. The monoisotopic (exact) mass is 326 g/mol. The van der Waals surface area contributed by atoms with Gasteiger partial charge in [0.15, 0.2) is 0 Å². The van der Waals surface area contributed by atoms with Gasteiger partial charge >= 0.3 is 7.12 Å². The van der Waals surface area contributed by atoms with Crippen LogP contribution in [0.3, 0.4) is 0 Å². The Bertz CT molecular complexity index is 458. The zero-order valence-corrected chi connectivity index (χ0v) is 13.7. The van der Waals surface area contributed by atoms with Crippen molar-refractivity contribution in [1.82, 2.24) is 0 Å². The van der Waals surface area contributed by atoms with Crippen LogP contribution >= 0.6 is 15.9 Å². The van der Waals surface area contributed by atoms with E-state index in [1.165, 1.54) is 0 Å². The Morgan fingerprint density at radius 2 is 1.74 bits per heavy atom. The first-order valence-corrected chi connectivity index (χ1v) is 7.34. The van der Waals surface area contributed by atoms with Gasteiger partial charge in [-0.2, -0.15) is 0 Å². The van der Waals surface area contributed by atoms with Crippen LogP contribution < -0.4 is 10.2 Å². The molecule has 0 bridgehead atoms. The molecule has 0 atom stereocenters. The Morgan fingerprint density at radius 1 is 1.16 bits per heavy atom. The smallest absolute Gasteiger partial charge is 0.493 e. The third-order valence-corrected chi connectivity index (χ3v) is 4.44. The summed E-state index contributed by atoms with van der Waals surface area (Å²) < 4.78 is 18.6. The van der Waals surface area contributed by atoms with Gasteiger partial charge in [-0.15, -0.1) is 0 Å². The lowest BCUT2D eigenvalue weighted by molar-refractivity contribution is 0.00578. The molecule has 0 saturated carbocycles. The molecule has 5 heteroatoms. The first-order chi connectivity index (χ1) is 8.77. The van der Waals surface area contributed by atoms with E-state index in [1.54, 1.807) is 0 Å². The van der Waals surface area contributed by atoms with Gasteiger partial charge in [0, 0.05) is 0 Å². The van der Waals surface area contributed by atoms with Gasteiger partial charge in [-0.25, -0.2) is 0 Å². The number of hydrogen-bond acceptors (Lipinski definition) is 3. The Hall–Kier alpha value is -0.515. The van der Waals surface area contributed by atoms with Crippen molar-refractivity contribution in [1.29, 1.82) is 0 Å². The number of rotatable bonds is 3. The summed E-state index contributed by atoms with van der Waals surface area (Å²) in [5, 5.41) is 0. The van der Waals surface area contributed by atoms with E-state index < -0.39 is 0 Å². The number of halogens is 1. The summed E-state index contributed by atoms with van der Waals surface area (Å²) in [6.45, 7) is 10.8. The summed E-state index contributed by atoms with van der Waals surface area (Å²) >= 11 is 3.48. The van der Waals surface area contributed by atoms with Crippen molar-refractivity contribution in [2.75, 3.05) is 6.61 Å². The standard InChI is InChI=1S/C14H20BBrO3/c1-6-17-12-9-10(7-8-11(12)16)15-18-13(2,3)14(4,5)19-15/h7-9H,6H2,1-5H3. The van der Waals surface area contributed by atoms with Crippen LogP contribution in [0.4, 0.5) is 0 Å². The van der Waals surface area contributed by atoms with Crippen LogP contribution in [0.25, 0.3) is 0 Å². The predicted molar refractivity (Wildman–Crippen MR) is 81.0 cm³/mol. The molecule has 0 aromatic heterocycles. The highest BCUT2D eigenvalue weighted by molar-refractivity contribution is 9.10. The molecule has 1 saturated heterocycles. The molecule has 1 aliphatic heterocycles. The molecule has 3 nitrogen and oxygen atoms in total. The van der Waals surface area contributed by atoms with E-state index >= 15 is 0 Å². The number of hydrogen-bond donors (Lipinski definition) is 0. The van der Waals surface area contributed by atoms with E-state index in [9.17, 15) is 0 Å². The molecule has 0 amide bonds. The van der Waals surface area contributed by atoms with Crippen molar-refractivity contribution in [3.8, 4) is 5.75 Å². The minimum absolute atomic E-state index is 0.323. The SMILES string of the molecule is CCOc1cc(B2OC(C)(C)C(C)(C)O2)ccc1Br. The van der Waals surface area contributed by atoms with Crippen LogP contribution in [-0.4, -0.2) is 24.9 Å². The highest BCUT2D eigenvalue weighted by Crippen LogP contribution is 2.37. The van der Waals surface area contributed by atoms with E-state index in [2.05, 4.69) is 43.6 Å². The fraction of sp³-hybridized carbons (Fsp3) is 0.571. The highest BCUT2D eigenvalue weighted by atomic mass is 79.9. The van der Waals surface area contributed by atoms with Gasteiger partial charge in [0.2, 0.25) is 0 Å². The summed E-state index contributed by atoms with van der Waals surface area (Å²) in [7, 11) is -0.350. The fourth-order valence-electron chi connectivity index (χ4n) is 1.91. The normalized spacial score (nSPS) is 20.6. The van der Waals surface area contributed by atoms with Crippen molar-refractivity contribution >= 4 is 28.5 Å². The molecule has 0 N–H and O–H groups in total. The molecule has 1 aromatic rings. The van der Waals surface area contributed by atoms with Gasteiger partial charge < -0.3 is 14.0 Å². The van der Waals surface area contributed by atoms with Crippen LogP contribution in [0.15, 0.2) is 22.7 Å². The summed E-state index contributed by atoms with van der Waals surface area (Å²) in [4.78, 5) is 0. The third-order valence-electron chi connectivity index (χ3n) is 3.78. The largest absolute Gasteiger partial charge is 0.494 e. The molecule has 1 aromatic carbocycles. The molecule has 0 radical (unpaired) electrons. The summed E-state index contributed by atoms with van der Waals surface area (Å²) in [6.07, 6.45) is 0. The molecule has 0 aliphatic carbocycles. The van der Waals surface area contributed by atoms with Crippen LogP contribution in [0.2, 0.25) is 0 Å². The minimum atomic E-state index is -0.350. The highest BCUT2D eigenvalue weighted by Gasteiger charge is 2.51. The van der Waals surface area contributed by atoms with Crippen molar-refractivity contribution in [3.05, 3.63) is 22.7 Å². The molecule has 1 fully saturated rings. The summed E-state index contributed by atoms with van der Waals surface area (Å²) in [5.41, 5.74) is 0.331. The molecule has 104 valence electrons. The molecule has 1 heterocycles. The van der Waals surface area contributed by atoms with Gasteiger partial charge in [-0.05, 0) is 68.1 Å². The lowest BCUT2D eigenvalue weighted by Crippen LogP contribution is -2.41. The Balaban J connectivity index is 2.27. The molecule has 0 spiro atoms. The lowest BCUT2D eigenvalue weighted by atomic mass is 9.79. The van der Waals surface area contributed by atoms with Crippen LogP contribution in [-0.2, 0) is 9.31 Å². The predicted octanol–water partition coefficient (Wildman–Crippen LogP) is 3.15. The number of benzene rings is 1. The molecular weight excluding hydrogens is 307 g/mol. The van der Waals surface area contributed by atoms with Gasteiger partial charge in [0.05, 0.1) is 22.3 Å². The molecular formula is C14H20BBrO3. The topological polar surface area (TPSA) is 27.7 Å². The summed E-state index contributed by atoms with van der Waals surface area (Å²) in [6, 6.07) is 5.93. The Kier molecular flexibility index (Phi) is 4.01. The Labute approximate surface area is 123 Å². The van der Waals surface area contributed by atoms with Crippen LogP contribution in [0.5, 0.6) is 5.75 Å². The first-order valence-electron chi connectivity index (χ1n) is 6.55. The zero-order valence-electron chi connectivity index (χ0n) is 12.1. The average molecular weight is 327 g/mol. The van der Waals surface area contributed by atoms with E-state index in [-0.39, 0.29) is 18.3 Å². The summed E-state index contributed by atoms with van der Waals surface area (Å²) in [5.74, 6) is 0.815. The van der Waals surface area contributed by atoms with Crippen LogP contribution in [0, 0.1) is 0 Å². The second-order valence-corrected chi connectivity index (χ2v) is 6.57. The van der Waals surface area contributed by atoms with Crippen molar-refractivity contribution in [2.24, 2.45) is 0 Å².